The first-order chi connectivity index (χ1) is 20.9. The van der Waals surface area contributed by atoms with Crippen LogP contribution < -0.4 is 9.47 Å². The molecule has 8 heteroatoms. The molecule has 1 saturated heterocycles. The second kappa shape index (κ2) is 9.96. The Morgan fingerprint density at radius 2 is 1.98 bits per heavy atom. The number of nitrogens with zero attached hydrogens (tertiary/aromatic N) is 2. The van der Waals surface area contributed by atoms with Gasteiger partial charge in [0.05, 0.1) is 43.2 Å². The van der Waals surface area contributed by atoms with Gasteiger partial charge in [-0.1, -0.05) is 37.6 Å². The predicted molar refractivity (Wildman–Crippen MR) is 159 cm³/mol. The minimum Gasteiger partial charge on any atom is -0.490 e. The fraction of sp³-hybridized carbons (Fsp3) is 0.600. The molecular weight excluding hydrogens is 544 g/mol. The lowest BCUT2D eigenvalue weighted by molar-refractivity contribution is -0.200. The quantitative estimate of drug-likeness (QED) is 0.341. The van der Waals surface area contributed by atoms with E-state index in [1.807, 2.05) is 29.2 Å². The first kappa shape index (κ1) is 27.4. The third kappa shape index (κ3) is 3.81. The van der Waals surface area contributed by atoms with E-state index in [2.05, 4.69) is 24.0 Å². The molecule has 43 heavy (non-hydrogen) atoms. The predicted octanol–water partition coefficient (Wildman–Crippen LogP) is 4.56. The summed E-state index contributed by atoms with van der Waals surface area (Å²) >= 11 is 0. The zero-order valence-corrected chi connectivity index (χ0v) is 25.2. The van der Waals surface area contributed by atoms with Crippen molar-refractivity contribution in [3.8, 4) is 11.5 Å². The van der Waals surface area contributed by atoms with Crippen molar-refractivity contribution in [2.45, 2.75) is 100.0 Å². The van der Waals surface area contributed by atoms with Gasteiger partial charge in [0, 0.05) is 23.7 Å². The van der Waals surface area contributed by atoms with Crippen LogP contribution in [0.2, 0.25) is 0 Å². The fourth-order valence-electron chi connectivity index (χ4n) is 9.41. The molecule has 2 bridgehead atoms. The maximum absolute atomic E-state index is 14.2. The highest BCUT2D eigenvalue weighted by molar-refractivity contribution is 6.00. The van der Waals surface area contributed by atoms with E-state index >= 15 is 0 Å². The second-order valence-corrected chi connectivity index (χ2v) is 13.7. The molecule has 2 aromatic carbocycles. The Bertz CT molecular complexity index is 1470. The lowest BCUT2D eigenvalue weighted by atomic mass is 9.48. The topological polar surface area (TPSA) is 88.5 Å². The van der Waals surface area contributed by atoms with Crippen LogP contribution in [0.25, 0.3) is 0 Å². The third-order valence-corrected chi connectivity index (χ3v) is 11.5. The number of aliphatic hydroxyl groups is 1. The molecule has 1 spiro atoms. The van der Waals surface area contributed by atoms with Crippen LogP contribution >= 0.6 is 0 Å². The van der Waals surface area contributed by atoms with Crippen molar-refractivity contribution < 1.29 is 28.9 Å². The Morgan fingerprint density at radius 3 is 2.77 bits per heavy atom. The van der Waals surface area contributed by atoms with E-state index in [9.17, 15) is 14.7 Å². The molecule has 0 aromatic heterocycles. The Kier molecular flexibility index (Phi) is 6.36. The lowest BCUT2D eigenvalue weighted by Crippen LogP contribution is -2.78. The Morgan fingerprint density at radius 1 is 1.14 bits per heavy atom. The van der Waals surface area contributed by atoms with E-state index in [-0.39, 0.29) is 30.4 Å². The second-order valence-electron chi connectivity index (χ2n) is 13.7. The van der Waals surface area contributed by atoms with Crippen LogP contribution in [0, 0.1) is 5.92 Å². The average molecular weight is 587 g/mol. The number of esters is 1. The van der Waals surface area contributed by atoms with E-state index in [1.54, 1.807) is 0 Å². The van der Waals surface area contributed by atoms with Gasteiger partial charge in [0.2, 0.25) is 0 Å². The van der Waals surface area contributed by atoms with Crippen LogP contribution in [0.4, 0.5) is 0 Å². The SMILES string of the molecule is CCCCOc1ccc2c3c1O[C@H]1[C@H](N4C(=O)c5ccccc5C4CC(=O)OC)CC[C@@]4(O)[C@@H](C2)N(CC2CC2)CC[C@]314. The maximum Gasteiger partial charge on any atom is 0.307 e. The van der Waals surface area contributed by atoms with E-state index in [4.69, 9.17) is 14.2 Å². The van der Waals surface area contributed by atoms with Gasteiger partial charge in [-0.2, -0.15) is 0 Å². The minimum absolute atomic E-state index is 0.0107. The molecule has 8 rings (SSSR count). The molecule has 3 aliphatic carbocycles. The largest absolute Gasteiger partial charge is 0.490 e. The standard InChI is InChI=1S/C35H42N2O6/c1-3-4-17-42-27-12-11-22-18-28-35(40)14-13-25(37-26(19-29(38)41-2)23-7-5-6-8-24(23)33(37)39)32-34(35,30(22)31(27)43-32)15-16-36(28)20-21-9-10-21/h5-8,11-12,21,25-26,28,32,40H,3-4,9-10,13-20H2,1-2H3/t25-,26?,28-,32+,34+,35-/m1/s1. The van der Waals surface area contributed by atoms with Crippen molar-refractivity contribution in [3.63, 3.8) is 0 Å². The molecule has 2 aromatic rings. The molecule has 6 aliphatic rings. The molecule has 1 unspecified atom stereocenters. The molecular formula is C35H42N2O6. The number of methoxy groups -OCH3 is 1. The molecule has 1 amide bonds. The van der Waals surface area contributed by atoms with Gasteiger partial charge in [0.25, 0.3) is 5.91 Å². The highest BCUT2D eigenvalue weighted by Gasteiger charge is 2.74. The molecule has 0 radical (unpaired) electrons. The number of unbranched alkanes of at least 4 members (excludes halogenated alkanes) is 1. The van der Waals surface area contributed by atoms with Crippen LogP contribution in [0.5, 0.6) is 11.5 Å². The number of fused-ring (bicyclic) bond motifs is 1. The minimum atomic E-state index is -0.977. The van der Waals surface area contributed by atoms with Crippen molar-refractivity contribution >= 4 is 11.9 Å². The zero-order valence-electron chi connectivity index (χ0n) is 25.2. The first-order valence-electron chi connectivity index (χ1n) is 16.3. The number of rotatable bonds is 9. The van der Waals surface area contributed by atoms with Gasteiger partial charge in [0.1, 0.15) is 6.10 Å². The maximum atomic E-state index is 14.2. The summed E-state index contributed by atoms with van der Waals surface area (Å²) in [4.78, 5) is 31.4. The number of ether oxygens (including phenoxy) is 3. The van der Waals surface area contributed by atoms with Gasteiger partial charge in [0.15, 0.2) is 11.5 Å². The van der Waals surface area contributed by atoms with E-state index in [1.165, 1.54) is 25.5 Å². The van der Waals surface area contributed by atoms with E-state index < -0.39 is 23.2 Å². The summed E-state index contributed by atoms with van der Waals surface area (Å²) in [7, 11) is 1.39. The summed E-state index contributed by atoms with van der Waals surface area (Å²) in [5.74, 6) is 1.80. The van der Waals surface area contributed by atoms with Crippen LogP contribution in [-0.2, 0) is 21.4 Å². The average Bonchev–Trinajstić information content (AvgIpc) is 3.70. The first-order valence-corrected chi connectivity index (χ1v) is 16.3. The number of likely N-dealkylation sites (tertiary alicyclic amines) is 1. The zero-order chi connectivity index (χ0) is 29.5. The summed E-state index contributed by atoms with van der Waals surface area (Å²) in [6.45, 7) is 4.69. The number of piperidine rings is 1. The van der Waals surface area contributed by atoms with Crippen molar-refractivity contribution in [3.05, 3.63) is 58.7 Å². The summed E-state index contributed by atoms with van der Waals surface area (Å²) in [5.41, 5.74) is 2.20. The van der Waals surface area contributed by atoms with Crippen molar-refractivity contribution in [2.75, 3.05) is 26.8 Å². The monoisotopic (exact) mass is 586 g/mol. The lowest BCUT2D eigenvalue weighted by Gasteiger charge is -2.65. The molecule has 6 atom stereocenters. The summed E-state index contributed by atoms with van der Waals surface area (Å²) in [6.07, 6.45) is 6.92. The van der Waals surface area contributed by atoms with Gasteiger partial charge in [-0.15, -0.1) is 0 Å². The molecule has 8 nitrogen and oxygen atoms in total. The molecule has 2 saturated carbocycles. The molecule has 3 aliphatic heterocycles. The Labute approximate surface area is 253 Å². The molecule has 3 heterocycles. The smallest absolute Gasteiger partial charge is 0.307 e. The van der Waals surface area contributed by atoms with Gasteiger partial charge in [-0.05, 0) is 80.7 Å². The highest BCUT2D eigenvalue weighted by Crippen LogP contribution is 2.66. The normalized spacial score (nSPS) is 33.6. The van der Waals surface area contributed by atoms with E-state index in [0.29, 0.717) is 25.0 Å². The molecule has 3 fully saturated rings. The number of amides is 1. The number of hydrogen-bond donors (Lipinski definition) is 1. The van der Waals surface area contributed by atoms with Crippen molar-refractivity contribution in [1.29, 1.82) is 0 Å². The van der Waals surface area contributed by atoms with Crippen molar-refractivity contribution in [2.24, 2.45) is 5.92 Å². The van der Waals surface area contributed by atoms with Gasteiger partial charge in [-0.25, -0.2) is 0 Å². The van der Waals surface area contributed by atoms with Crippen LogP contribution in [0.3, 0.4) is 0 Å². The number of carbonyl (C=O) groups excluding carboxylic acids is 2. The number of carbonyl (C=O) groups is 2. The summed E-state index contributed by atoms with van der Waals surface area (Å²) in [6, 6.07) is 11.1. The van der Waals surface area contributed by atoms with Crippen LogP contribution in [0.1, 0.15) is 91.4 Å². The van der Waals surface area contributed by atoms with Gasteiger partial charge < -0.3 is 24.2 Å². The number of hydrogen-bond acceptors (Lipinski definition) is 7. The molecule has 228 valence electrons. The van der Waals surface area contributed by atoms with Gasteiger partial charge >= 0.3 is 5.97 Å². The van der Waals surface area contributed by atoms with Crippen molar-refractivity contribution in [1.82, 2.24) is 9.80 Å². The number of benzene rings is 2. The van der Waals surface area contributed by atoms with Gasteiger partial charge in [-0.3, -0.25) is 14.5 Å². The Hall–Kier alpha value is -3.10. The summed E-state index contributed by atoms with van der Waals surface area (Å²) in [5, 5.41) is 13.0. The third-order valence-electron chi connectivity index (χ3n) is 11.5. The summed E-state index contributed by atoms with van der Waals surface area (Å²) < 4.78 is 18.5. The fourth-order valence-corrected chi connectivity index (χ4v) is 9.41. The highest BCUT2D eigenvalue weighted by atomic mass is 16.5. The van der Waals surface area contributed by atoms with Crippen LogP contribution in [-0.4, -0.2) is 77.4 Å². The van der Waals surface area contributed by atoms with Crippen LogP contribution in [0.15, 0.2) is 36.4 Å². The molecule has 1 N–H and O–H groups in total. The van der Waals surface area contributed by atoms with E-state index in [0.717, 1.165) is 67.3 Å². The Balaban J connectivity index is 1.25.